The number of methoxy groups -OCH3 is 1. The SMILES string of the molecule is COCCCNC(=O)CN1CCN(C(=O)c2cnn(-c3ccccc3)c2)CC1. The molecule has 1 N–H and O–H groups in total. The fourth-order valence-electron chi connectivity index (χ4n) is 3.15. The molecular formula is C20H27N5O3. The third kappa shape index (κ3) is 5.40. The van der Waals surface area contributed by atoms with Crippen LogP contribution in [0.1, 0.15) is 16.8 Å². The van der Waals surface area contributed by atoms with E-state index in [1.54, 1.807) is 24.2 Å². The molecule has 0 atom stereocenters. The van der Waals surface area contributed by atoms with Gasteiger partial charge in [-0.25, -0.2) is 4.68 Å². The lowest BCUT2D eigenvalue weighted by atomic mass is 10.2. The van der Waals surface area contributed by atoms with Gasteiger partial charge in [0.15, 0.2) is 0 Å². The van der Waals surface area contributed by atoms with Gasteiger partial charge in [0, 0.05) is 52.6 Å². The summed E-state index contributed by atoms with van der Waals surface area (Å²) in [5, 5.41) is 7.19. The van der Waals surface area contributed by atoms with Gasteiger partial charge in [-0.15, -0.1) is 0 Å². The summed E-state index contributed by atoms with van der Waals surface area (Å²) in [6, 6.07) is 9.70. The molecular weight excluding hydrogens is 358 g/mol. The maximum Gasteiger partial charge on any atom is 0.257 e. The molecule has 0 unspecified atom stereocenters. The number of aromatic nitrogens is 2. The number of ether oxygens (including phenoxy) is 1. The standard InChI is InChI=1S/C20H27N5O3/c1-28-13-5-8-21-19(26)16-23-9-11-24(12-10-23)20(27)17-14-22-25(15-17)18-6-3-2-4-7-18/h2-4,6-7,14-15H,5,8-13,16H2,1H3,(H,21,26). The second kappa shape index (κ2) is 10.0. The van der Waals surface area contributed by atoms with E-state index in [2.05, 4.69) is 15.3 Å². The molecule has 2 amide bonds. The number of carbonyl (C=O) groups is 2. The van der Waals surface area contributed by atoms with Crippen LogP contribution in [0.5, 0.6) is 0 Å². The Morgan fingerprint density at radius 2 is 1.89 bits per heavy atom. The van der Waals surface area contributed by atoms with E-state index in [9.17, 15) is 9.59 Å². The quantitative estimate of drug-likeness (QED) is 0.680. The van der Waals surface area contributed by atoms with Gasteiger partial charge in [0.25, 0.3) is 5.91 Å². The summed E-state index contributed by atoms with van der Waals surface area (Å²) in [6.07, 6.45) is 4.17. The Hall–Kier alpha value is -2.71. The van der Waals surface area contributed by atoms with Crippen LogP contribution in [-0.2, 0) is 9.53 Å². The van der Waals surface area contributed by atoms with Crippen LogP contribution in [0.15, 0.2) is 42.7 Å². The number of hydrogen-bond acceptors (Lipinski definition) is 5. The predicted molar refractivity (Wildman–Crippen MR) is 105 cm³/mol. The molecule has 2 aromatic rings. The average molecular weight is 385 g/mol. The molecule has 0 spiro atoms. The molecule has 3 rings (SSSR count). The van der Waals surface area contributed by atoms with E-state index in [4.69, 9.17) is 4.74 Å². The topological polar surface area (TPSA) is 79.7 Å². The number of benzene rings is 1. The van der Waals surface area contributed by atoms with E-state index in [0.717, 1.165) is 12.1 Å². The van der Waals surface area contributed by atoms with E-state index >= 15 is 0 Å². The second-order valence-electron chi connectivity index (χ2n) is 6.77. The Bertz CT molecular complexity index is 769. The van der Waals surface area contributed by atoms with Gasteiger partial charge in [-0.2, -0.15) is 5.10 Å². The van der Waals surface area contributed by atoms with Crippen LogP contribution in [-0.4, -0.2) is 84.4 Å². The lowest BCUT2D eigenvalue weighted by Crippen LogP contribution is -2.51. The lowest BCUT2D eigenvalue weighted by Gasteiger charge is -2.34. The molecule has 1 saturated heterocycles. The molecule has 1 aromatic heterocycles. The van der Waals surface area contributed by atoms with Gasteiger partial charge >= 0.3 is 0 Å². The fraction of sp³-hybridized carbons (Fsp3) is 0.450. The van der Waals surface area contributed by atoms with Gasteiger partial charge in [-0.05, 0) is 18.6 Å². The molecule has 8 heteroatoms. The summed E-state index contributed by atoms with van der Waals surface area (Å²) in [5.41, 5.74) is 1.50. The number of hydrogen-bond donors (Lipinski definition) is 1. The summed E-state index contributed by atoms with van der Waals surface area (Å²) in [5.74, 6) is -0.00846. The smallest absolute Gasteiger partial charge is 0.257 e. The first-order valence-corrected chi connectivity index (χ1v) is 9.55. The normalized spacial score (nSPS) is 14.8. The molecule has 28 heavy (non-hydrogen) atoms. The van der Waals surface area contributed by atoms with Gasteiger partial charge in [-0.3, -0.25) is 14.5 Å². The van der Waals surface area contributed by atoms with Crippen LogP contribution in [0.3, 0.4) is 0 Å². The van der Waals surface area contributed by atoms with Crippen molar-refractivity contribution in [3.05, 3.63) is 48.3 Å². The minimum Gasteiger partial charge on any atom is -0.385 e. The Kier molecular flexibility index (Phi) is 7.16. The third-order valence-electron chi connectivity index (χ3n) is 4.72. The minimum atomic E-state index is -0.0224. The Labute approximate surface area is 165 Å². The maximum absolute atomic E-state index is 12.7. The van der Waals surface area contributed by atoms with Crippen molar-refractivity contribution in [2.75, 3.05) is 53.0 Å². The molecule has 0 aliphatic carbocycles. The fourth-order valence-corrected chi connectivity index (χ4v) is 3.15. The first-order valence-electron chi connectivity index (χ1n) is 9.55. The largest absolute Gasteiger partial charge is 0.385 e. The van der Waals surface area contributed by atoms with Crippen LogP contribution in [0.25, 0.3) is 5.69 Å². The highest BCUT2D eigenvalue weighted by atomic mass is 16.5. The Balaban J connectivity index is 1.45. The van der Waals surface area contributed by atoms with Crippen molar-refractivity contribution >= 4 is 11.8 Å². The van der Waals surface area contributed by atoms with Crippen LogP contribution in [0.4, 0.5) is 0 Å². The number of amides is 2. The van der Waals surface area contributed by atoms with Crippen molar-refractivity contribution in [2.45, 2.75) is 6.42 Å². The molecule has 0 saturated carbocycles. The highest BCUT2D eigenvalue weighted by Crippen LogP contribution is 2.11. The first kappa shape index (κ1) is 20.0. The maximum atomic E-state index is 12.7. The highest BCUT2D eigenvalue weighted by Gasteiger charge is 2.24. The number of nitrogens with one attached hydrogen (secondary N) is 1. The van der Waals surface area contributed by atoms with Gasteiger partial charge < -0.3 is 15.0 Å². The summed E-state index contributed by atoms with van der Waals surface area (Å²) in [7, 11) is 1.65. The number of nitrogens with zero attached hydrogens (tertiary/aromatic N) is 4. The lowest BCUT2D eigenvalue weighted by molar-refractivity contribution is -0.122. The van der Waals surface area contributed by atoms with Crippen LogP contribution in [0, 0.1) is 0 Å². The predicted octanol–water partition coefficient (Wildman–Crippen LogP) is 0.783. The van der Waals surface area contributed by atoms with Gasteiger partial charge in [0.05, 0.1) is 24.0 Å². The van der Waals surface area contributed by atoms with Crippen LogP contribution >= 0.6 is 0 Å². The second-order valence-corrected chi connectivity index (χ2v) is 6.77. The van der Waals surface area contributed by atoms with Crippen molar-refractivity contribution in [1.29, 1.82) is 0 Å². The van der Waals surface area contributed by atoms with Gasteiger partial charge in [0.2, 0.25) is 5.91 Å². The molecule has 150 valence electrons. The molecule has 0 bridgehead atoms. The molecule has 1 aromatic carbocycles. The van der Waals surface area contributed by atoms with Crippen LogP contribution < -0.4 is 5.32 Å². The summed E-state index contributed by atoms with van der Waals surface area (Å²) >= 11 is 0. The zero-order chi connectivity index (χ0) is 19.8. The zero-order valence-electron chi connectivity index (χ0n) is 16.2. The van der Waals surface area contributed by atoms with E-state index in [-0.39, 0.29) is 11.8 Å². The molecule has 2 heterocycles. The average Bonchev–Trinajstić information content (AvgIpc) is 3.22. The van der Waals surface area contributed by atoms with Crippen LogP contribution in [0.2, 0.25) is 0 Å². The number of carbonyl (C=O) groups excluding carboxylic acids is 2. The summed E-state index contributed by atoms with van der Waals surface area (Å²) in [6.45, 7) is 4.20. The Morgan fingerprint density at radius 1 is 1.14 bits per heavy atom. The summed E-state index contributed by atoms with van der Waals surface area (Å²) in [4.78, 5) is 28.6. The van der Waals surface area contributed by atoms with Crippen molar-refractivity contribution in [3.63, 3.8) is 0 Å². The van der Waals surface area contributed by atoms with Crippen molar-refractivity contribution < 1.29 is 14.3 Å². The molecule has 1 aliphatic heterocycles. The molecule has 8 nitrogen and oxygen atoms in total. The minimum absolute atomic E-state index is 0.0139. The van der Waals surface area contributed by atoms with E-state index in [1.807, 2.05) is 35.2 Å². The first-order chi connectivity index (χ1) is 13.7. The number of piperazine rings is 1. The van der Waals surface area contributed by atoms with E-state index in [1.165, 1.54) is 0 Å². The van der Waals surface area contributed by atoms with Crippen molar-refractivity contribution in [3.8, 4) is 5.69 Å². The van der Waals surface area contributed by atoms with Crippen molar-refractivity contribution in [1.82, 2.24) is 24.9 Å². The Morgan fingerprint density at radius 3 is 2.61 bits per heavy atom. The molecule has 1 fully saturated rings. The van der Waals surface area contributed by atoms with E-state index < -0.39 is 0 Å². The monoisotopic (exact) mass is 385 g/mol. The van der Waals surface area contributed by atoms with E-state index in [0.29, 0.717) is 51.4 Å². The molecule has 0 radical (unpaired) electrons. The highest BCUT2D eigenvalue weighted by molar-refractivity contribution is 5.94. The van der Waals surface area contributed by atoms with Gasteiger partial charge in [0.1, 0.15) is 0 Å². The molecule has 1 aliphatic rings. The van der Waals surface area contributed by atoms with Crippen molar-refractivity contribution in [2.24, 2.45) is 0 Å². The third-order valence-corrected chi connectivity index (χ3v) is 4.72. The number of para-hydroxylation sites is 1. The zero-order valence-corrected chi connectivity index (χ0v) is 16.2. The van der Waals surface area contributed by atoms with Gasteiger partial charge in [-0.1, -0.05) is 18.2 Å². The number of rotatable bonds is 8. The summed E-state index contributed by atoms with van der Waals surface area (Å²) < 4.78 is 6.67.